The van der Waals surface area contributed by atoms with Gasteiger partial charge in [0.2, 0.25) is 5.91 Å². The van der Waals surface area contributed by atoms with E-state index < -0.39 is 6.04 Å². The van der Waals surface area contributed by atoms with Crippen LogP contribution in [0, 0.1) is 5.41 Å². The summed E-state index contributed by atoms with van der Waals surface area (Å²) in [6.07, 6.45) is 4.35. The molecule has 1 atom stereocenters. The average molecular weight is 238 g/mol. The Labute approximate surface area is 102 Å². The van der Waals surface area contributed by atoms with Crippen LogP contribution in [0.3, 0.4) is 0 Å². The normalized spacial score (nSPS) is 13.5. The van der Waals surface area contributed by atoms with E-state index in [0.717, 1.165) is 5.82 Å². The van der Waals surface area contributed by atoms with Crippen LogP contribution in [0.1, 0.15) is 26.6 Å². The van der Waals surface area contributed by atoms with E-state index >= 15 is 0 Å². The van der Waals surface area contributed by atoms with Crippen LogP contribution in [0.5, 0.6) is 0 Å². The van der Waals surface area contributed by atoms with Gasteiger partial charge in [-0.15, -0.1) is 0 Å². The van der Waals surface area contributed by atoms with E-state index in [4.69, 9.17) is 5.73 Å². The minimum Gasteiger partial charge on any atom is -0.354 e. The van der Waals surface area contributed by atoms with Crippen LogP contribution in [-0.4, -0.2) is 28.0 Å². The lowest BCUT2D eigenvalue weighted by atomic mass is 9.87. The van der Waals surface area contributed by atoms with Crippen LogP contribution in [0.4, 0.5) is 0 Å². The minimum atomic E-state index is -0.483. The number of amides is 1. The third-order valence-electron chi connectivity index (χ3n) is 2.78. The Balaban J connectivity index is 2.37. The molecule has 0 saturated heterocycles. The number of carbonyl (C=O) groups excluding carboxylic acids is 1. The molecule has 0 aromatic carbocycles. The molecule has 1 rings (SSSR count). The summed E-state index contributed by atoms with van der Waals surface area (Å²) in [4.78, 5) is 15.9. The van der Waals surface area contributed by atoms with Crippen LogP contribution in [-0.2, 0) is 18.3 Å². The highest BCUT2D eigenvalue weighted by Gasteiger charge is 2.26. The fraction of sp³-hybridized carbons (Fsp3) is 0.667. The van der Waals surface area contributed by atoms with Crippen molar-refractivity contribution in [3.63, 3.8) is 0 Å². The zero-order valence-electron chi connectivity index (χ0n) is 11.0. The second-order valence-electron chi connectivity index (χ2n) is 5.34. The van der Waals surface area contributed by atoms with Crippen molar-refractivity contribution in [2.75, 3.05) is 6.54 Å². The Kier molecular flexibility index (Phi) is 4.28. The van der Waals surface area contributed by atoms with E-state index in [1.54, 1.807) is 6.20 Å². The average Bonchev–Trinajstić information content (AvgIpc) is 2.62. The van der Waals surface area contributed by atoms with Gasteiger partial charge in [-0.1, -0.05) is 20.8 Å². The Morgan fingerprint density at radius 3 is 2.71 bits per heavy atom. The van der Waals surface area contributed by atoms with Crippen LogP contribution in [0.2, 0.25) is 0 Å². The molecule has 1 aromatic heterocycles. The number of aryl methyl sites for hydroxylation is 1. The highest BCUT2D eigenvalue weighted by atomic mass is 16.2. The van der Waals surface area contributed by atoms with Crippen molar-refractivity contribution in [3.8, 4) is 0 Å². The van der Waals surface area contributed by atoms with Crippen molar-refractivity contribution in [2.45, 2.75) is 33.2 Å². The molecule has 1 heterocycles. The Hall–Kier alpha value is -1.36. The molecular weight excluding hydrogens is 216 g/mol. The molecule has 3 N–H and O–H groups in total. The first-order chi connectivity index (χ1) is 7.82. The molecule has 0 fully saturated rings. The number of imidazole rings is 1. The van der Waals surface area contributed by atoms with Gasteiger partial charge in [0.1, 0.15) is 5.82 Å². The highest BCUT2D eigenvalue weighted by Crippen LogP contribution is 2.16. The van der Waals surface area contributed by atoms with Crippen molar-refractivity contribution in [3.05, 3.63) is 18.2 Å². The van der Waals surface area contributed by atoms with Crippen LogP contribution in [0.15, 0.2) is 12.4 Å². The zero-order valence-corrected chi connectivity index (χ0v) is 11.0. The van der Waals surface area contributed by atoms with E-state index in [-0.39, 0.29) is 11.3 Å². The molecule has 0 bridgehead atoms. The molecule has 0 spiro atoms. The maximum atomic E-state index is 11.7. The molecule has 0 radical (unpaired) electrons. The fourth-order valence-corrected chi connectivity index (χ4v) is 1.44. The molecule has 1 aromatic rings. The van der Waals surface area contributed by atoms with Gasteiger partial charge in [-0.25, -0.2) is 4.98 Å². The second-order valence-corrected chi connectivity index (χ2v) is 5.34. The number of hydrogen-bond donors (Lipinski definition) is 2. The summed E-state index contributed by atoms with van der Waals surface area (Å²) in [6, 6.07) is -0.483. The summed E-state index contributed by atoms with van der Waals surface area (Å²) in [7, 11) is 1.94. The molecule has 17 heavy (non-hydrogen) atoms. The number of nitrogens with one attached hydrogen (secondary N) is 1. The quantitative estimate of drug-likeness (QED) is 0.800. The van der Waals surface area contributed by atoms with Crippen molar-refractivity contribution in [1.29, 1.82) is 0 Å². The Bertz CT molecular complexity index is 378. The Morgan fingerprint density at radius 1 is 1.59 bits per heavy atom. The largest absolute Gasteiger partial charge is 0.354 e. The monoisotopic (exact) mass is 238 g/mol. The van der Waals surface area contributed by atoms with Gasteiger partial charge in [0.15, 0.2) is 0 Å². The zero-order chi connectivity index (χ0) is 13.1. The van der Waals surface area contributed by atoms with Gasteiger partial charge < -0.3 is 15.6 Å². The molecule has 5 nitrogen and oxygen atoms in total. The van der Waals surface area contributed by atoms with Gasteiger partial charge >= 0.3 is 0 Å². The first-order valence-electron chi connectivity index (χ1n) is 5.82. The first kappa shape index (κ1) is 13.7. The standard InChI is InChI=1S/C12H22N4O/c1-12(2,3)10(13)11(17)15-6-5-9-14-7-8-16(9)4/h7-8,10H,5-6,13H2,1-4H3,(H,15,17)/t10-/m1/s1. The van der Waals surface area contributed by atoms with Crippen LogP contribution in [0.25, 0.3) is 0 Å². The van der Waals surface area contributed by atoms with Gasteiger partial charge in [-0.3, -0.25) is 4.79 Å². The van der Waals surface area contributed by atoms with Crippen molar-refractivity contribution in [2.24, 2.45) is 18.2 Å². The topological polar surface area (TPSA) is 72.9 Å². The maximum Gasteiger partial charge on any atom is 0.237 e. The van der Waals surface area contributed by atoms with Crippen molar-refractivity contribution in [1.82, 2.24) is 14.9 Å². The van der Waals surface area contributed by atoms with Gasteiger partial charge in [0.05, 0.1) is 6.04 Å². The number of rotatable bonds is 4. The summed E-state index contributed by atoms with van der Waals surface area (Å²) < 4.78 is 1.94. The van der Waals surface area contributed by atoms with E-state index in [2.05, 4.69) is 10.3 Å². The molecule has 0 aliphatic carbocycles. The van der Waals surface area contributed by atoms with E-state index in [1.807, 2.05) is 38.6 Å². The smallest absolute Gasteiger partial charge is 0.237 e. The molecule has 0 aliphatic rings. The van der Waals surface area contributed by atoms with Gasteiger partial charge in [0.25, 0.3) is 0 Å². The van der Waals surface area contributed by atoms with Crippen LogP contribution >= 0.6 is 0 Å². The number of carbonyl (C=O) groups is 1. The van der Waals surface area contributed by atoms with E-state index in [1.165, 1.54) is 0 Å². The number of hydrogen-bond acceptors (Lipinski definition) is 3. The first-order valence-corrected chi connectivity index (χ1v) is 5.82. The number of aromatic nitrogens is 2. The lowest BCUT2D eigenvalue weighted by molar-refractivity contribution is -0.124. The lowest BCUT2D eigenvalue weighted by Gasteiger charge is -2.25. The summed E-state index contributed by atoms with van der Waals surface area (Å²) in [5, 5.41) is 2.84. The van der Waals surface area contributed by atoms with E-state index in [0.29, 0.717) is 13.0 Å². The molecular formula is C12H22N4O. The lowest BCUT2D eigenvalue weighted by Crippen LogP contribution is -2.49. The third-order valence-corrected chi connectivity index (χ3v) is 2.78. The van der Waals surface area contributed by atoms with Gasteiger partial charge in [-0.2, -0.15) is 0 Å². The summed E-state index contributed by atoms with van der Waals surface area (Å²) in [6.45, 7) is 6.43. The molecule has 96 valence electrons. The van der Waals surface area contributed by atoms with Crippen LogP contribution < -0.4 is 11.1 Å². The van der Waals surface area contributed by atoms with Crippen molar-refractivity contribution >= 4 is 5.91 Å². The molecule has 0 aliphatic heterocycles. The van der Waals surface area contributed by atoms with E-state index in [9.17, 15) is 4.79 Å². The Morgan fingerprint density at radius 2 is 2.24 bits per heavy atom. The summed E-state index contributed by atoms with van der Waals surface area (Å²) in [5.41, 5.74) is 5.64. The summed E-state index contributed by atoms with van der Waals surface area (Å²) in [5.74, 6) is 0.848. The van der Waals surface area contributed by atoms with Crippen molar-refractivity contribution < 1.29 is 4.79 Å². The fourth-order valence-electron chi connectivity index (χ4n) is 1.44. The second kappa shape index (κ2) is 5.31. The van der Waals surface area contributed by atoms with Gasteiger partial charge in [-0.05, 0) is 5.41 Å². The predicted molar refractivity (Wildman–Crippen MR) is 67.4 cm³/mol. The SMILES string of the molecule is Cn1ccnc1CCNC(=O)[C@@H](N)C(C)(C)C. The molecule has 1 amide bonds. The predicted octanol–water partition coefficient (Wildman–Crippen LogP) is 0.452. The number of nitrogens with two attached hydrogens (primary N) is 1. The highest BCUT2D eigenvalue weighted by molar-refractivity contribution is 5.82. The molecule has 0 unspecified atom stereocenters. The van der Waals surface area contributed by atoms with Gasteiger partial charge in [0, 0.05) is 32.4 Å². The summed E-state index contributed by atoms with van der Waals surface area (Å²) >= 11 is 0. The molecule has 5 heteroatoms. The molecule has 0 saturated carbocycles. The third kappa shape index (κ3) is 3.85. The minimum absolute atomic E-state index is 0.105. The maximum absolute atomic E-state index is 11.7. The number of nitrogens with zero attached hydrogens (tertiary/aromatic N) is 2.